The summed E-state index contributed by atoms with van der Waals surface area (Å²) in [6, 6.07) is 5.51. The van der Waals surface area contributed by atoms with E-state index >= 15 is 0 Å². The number of methoxy groups -OCH3 is 1. The SMILES string of the molecule is CCCCc1nnc(-c2ccc(OC)cc2Cl)c2c1nc(CC)n2OC. The second-order valence-electron chi connectivity index (χ2n) is 6.00. The van der Waals surface area contributed by atoms with Crippen molar-refractivity contribution in [2.24, 2.45) is 0 Å². The third kappa shape index (κ3) is 3.21. The molecule has 0 saturated carbocycles. The van der Waals surface area contributed by atoms with E-state index in [0.29, 0.717) is 16.5 Å². The van der Waals surface area contributed by atoms with Crippen LogP contribution >= 0.6 is 11.6 Å². The Hall–Kier alpha value is -2.34. The number of unbranched alkanes of at least 4 members (excludes halogenated alkanes) is 1. The predicted molar refractivity (Wildman–Crippen MR) is 103 cm³/mol. The van der Waals surface area contributed by atoms with Gasteiger partial charge in [0.2, 0.25) is 0 Å². The van der Waals surface area contributed by atoms with Crippen LogP contribution < -0.4 is 9.57 Å². The Morgan fingerprint density at radius 3 is 2.58 bits per heavy atom. The van der Waals surface area contributed by atoms with Crippen LogP contribution in [0.5, 0.6) is 5.75 Å². The molecule has 0 radical (unpaired) electrons. The topological polar surface area (TPSA) is 62.1 Å². The van der Waals surface area contributed by atoms with Crippen molar-refractivity contribution in [2.75, 3.05) is 14.2 Å². The quantitative estimate of drug-likeness (QED) is 0.622. The highest BCUT2D eigenvalue weighted by molar-refractivity contribution is 6.33. The number of aryl methyl sites for hydroxylation is 2. The maximum Gasteiger partial charge on any atom is 0.146 e. The highest BCUT2D eigenvalue weighted by Crippen LogP contribution is 2.35. The van der Waals surface area contributed by atoms with E-state index in [1.54, 1.807) is 25.0 Å². The fourth-order valence-electron chi connectivity index (χ4n) is 3.00. The molecule has 1 aromatic carbocycles. The van der Waals surface area contributed by atoms with Gasteiger partial charge in [-0.25, -0.2) is 4.98 Å². The minimum Gasteiger partial charge on any atom is -0.497 e. The number of hydrogen-bond acceptors (Lipinski definition) is 5. The summed E-state index contributed by atoms with van der Waals surface area (Å²) in [6.07, 6.45) is 3.70. The van der Waals surface area contributed by atoms with Crippen LogP contribution in [0.3, 0.4) is 0 Å². The van der Waals surface area contributed by atoms with Gasteiger partial charge in [-0.3, -0.25) is 0 Å². The van der Waals surface area contributed by atoms with Crippen LogP contribution in [0.1, 0.15) is 38.2 Å². The Labute approximate surface area is 158 Å². The third-order valence-electron chi connectivity index (χ3n) is 4.37. The smallest absolute Gasteiger partial charge is 0.146 e. The molecule has 0 spiro atoms. The molecule has 0 bridgehead atoms. The number of fused-ring (bicyclic) bond motifs is 1. The molecule has 0 atom stereocenters. The van der Waals surface area contributed by atoms with E-state index in [0.717, 1.165) is 53.8 Å². The Morgan fingerprint density at radius 1 is 1.15 bits per heavy atom. The lowest BCUT2D eigenvalue weighted by molar-refractivity contribution is 0.169. The van der Waals surface area contributed by atoms with Crippen molar-refractivity contribution >= 4 is 22.6 Å². The highest BCUT2D eigenvalue weighted by Gasteiger charge is 2.22. The van der Waals surface area contributed by atoms with Crippen LogP contribution in [-0.2, 0) is 12.8 Å². The van der Waals surface area contributed by atoms with Gasteiger partial charge in [0, 0.05) is 12.0 Å². The summed E-state index contributed by atoms with van der Waals surface area (Å²) in [4.78, 5) is 10.4. The monoisotopic (exact) mass is 374 g/mol. The zero-order valence-corrected chi connectivity index (χ0v) is 16.3. The number of imidazole rings is 1. The molecule has 0 aliphatic carbocycles. The van der Waals surface area contributed by atoms with Crippen molar-refractivity contribution < 1.29 is 9.57 Å². The van der Waals surface area contributed by atoms with Crippen LogP contribution in [0.15, 0.2) is 18.2 Å². The van der Waals surface area contributed by atoms with Crippen molar-refractivity contribution in [3.63, 3.8) is 0 Å². The molecular weight excluding hydrogens is 352 g/mol. The second-order valence-corrected chi connectivity index (χ2v) is 6.41. The minimum absolute atomic E-state index is 0.545. The normalized spacial score (nSPS) is 11.1. The van der Waals surface area contributed by atoms with E-state index in [9.17, 15) is 0 Å². The molecule has 3 rings (SSSR count). The molecule has 7 heteroatoms. The van der Waals surface area contributed by atoms with Gasteiger partial charge in [-0.15, -0.1) is 5.10 Å². The Kier molecular flexibility index (Phi) is 5.61. The molecule has 0 amide bonds. The maximum atomic E-state index is 6.48. The van der Waals surface area contributed by atoms with E-state index in [-0.39, 0.29) is 0 Å². The number of halogens is 1. The number of benzene rings is 1. The largest absolute Gasteiger partial charge is 0.497 e. The van der Waals surface area contributed by atoms with E-state index in [1.807, 2.05) is 19.1 Å². The van der Waals surface area contributed by atoms with Crippen molar-refractivity contribution in [3.8, 4) is 17.0 Å². The van der Waals surface area contributed by atoms with Gasteiger partial charge in [0.05, 0.1) is 17.8 Å². The van der Waals surface area contributed by atoms with Gasteiger partial charge in [0.15, 0.2) is 0 Å². The number of ether oxygens (including phenoxy) is 1. The summed E-state index contributed by atoms with van der Waals surface area (Å²) in [5.41, 5.74) is 3.95. The molecule has 0 unspecified atom stereocenters. The summed E-state index contributed by atoms with van der Waals surface area (Å²) in [5.74, 6) is 1.53. The Morgan fingerprint density at radius 2 is 1.96 bits per heavy atom. The first-order chi connectivity index (χ1) is 12.6. The van der Waals surface area contributed by atoms with Crippen LogP contribution in [0.2, 0.25) is 5.02 Å². The maximum absolute atomic E-state index is 6.48. The molecule has 0 N–H and O–H groups in total. The van der Waals surface area contributed by atoms with Crippen LogP contribution in [0.4, 0.5) is 0 Å². The molecule has 0 saturated heterocycles. The van der Waals surface area contributed by atoms with Gasteiger partial charge in [-0.05, 0) is 31.0 Å². The Balaban J connectivity index is 2.27. The highest BCUT2D eigenvalue weighted by atomic mass is 35.5. The van der Waals surface area contributed by atoms with Crippen LogP contribution in [0, 0.1) is 0 Å². The number of rotatable bonds is 7. The van der Waals surface area contributed by atoms with Crippen molar-refractivity contribution in [1.82, 2.24) is 19.9 Å². The lowest BCUT2D eigenvalue weighted by Gasteiger charge is -2.11. The third-order valence-corrected chi connectivity index (χ3v) is 4.68. The van der Waals surface area contributed by atoms with Gasteiger partial charge in [0.25, 0.3) is 0 Å². The summed E-state index contributed by atoms with van der Waals surface area (Å²) in [7, 11) is 3.24. The zero-order chi connectivity index (χ0) is 18.7. The lowest BCUT2D eigenvalue weighted by Crippen LogP contribution is -2.11. The van der Waals surface area contributed by atoms with Crippen molar-refractivity contribution in [3.05, 3.63) is 34.7 Å². The summed E-state index contributed by atoms with van der Waals surface area (Å²) in [5, 5.41) is 9.49. The zero-order valence-electron chi connectivity index (χ0n) is 15.5. The average molecular weight is 375 g/mol. The molecule has 0 aliphatic heterocycles. The molecule has 26 heavy (non-hydrogen) atoms. The summed E-state index contributed by atoms with van der Waals surface area (Å²) in [6.45, 7) is 4.20. The summed E-state index contributed by atoms with van der Waals surface area (Å²) < 4.78 is 6.97. The number of hydrogen-bond donors (Lipinski definition) is 0. The van der Waals surface area contributed by atoms with Gasteiger partial charge in [-0.2, -0.15) is 9.83 Å². The predicted octanol–water partition coefficient (Wildman–Crippen LogP) is 4.12. The van der Waals surface area contributed by atoms with Crippen molar-refractivity contribution in [2.45, 2.75) is 39.5 Å². The van der Waals surface area contributed by atoms with Gasteiger partial charge in [-0.1, -0.05) is 31.9 Å². The average Bonchev–Trinajstić information content (AvgIpc) is 3.05. The molecule has 0 aliphatic rings. The van der Waals surface area contributed by atoms with Crippen LogP contribution in [-0.4, -0.2) is 34.1 Å². The van der Waals surface area contributed by atoms with Crippen LogP contribution in [0.25, 0.3) is 22.3 Å². The first kappa shape index (κ1) is 18.5. The molecular formula is C19H23ClN4O2. The van der Waals surface area contributed by atoms with E-state index in [1.165, 1.54) is 0 Å². The first-order valence-corrected chi connectivity index (χ1v) is 9.17. The van der Waals surface area contributed by atoms with E-state index < -0.39 is 0 Å². The van der Waals surface area contributed by atoms with Gasteiger partial charge >= 0.3 is 0 Å². The van der Waals surface area contributed by atoms with Gasteiger partial charge < -0.3 is 9.57 Å². The molecule has 3 aromatic rings. The minimum atomic E-state index is 0.545. The Bertz CT molecular complexity index is 924. The molecule has 2 heterocycles. The molecule has 6 nitrogen and oxygen atoms in total. The summed E-state index contributed by atoms with van der Waals surface area (Å²) >= 11 is 6.48. The standard InChI is InChI=1S/C19H23ClN4O2/c1-5-7-8-15-18-19(24(26-4)16(6-2)21-18)17(23-22-15)13-10-9-12(25-3)11-14(13)20/h9-11H,5-8H2,1-4H3. The fourth-order valence-corrected chi connectivity index (χ4v) is 3.26. The van der Waals surface area contributed by atoms with E-state index in [4.69, 9.17) is 26.2 Å². The second kappa shape index (κ2) is 7.91. The molecule has 2 aromatic heterocycles. The van der Waals surface area contributed by atoms with Crippen molar-refractivity contribution in [1.29, 1.82) is 0 Å². The van der Waals surface area contributed by atoms with Gasteiger partial charge in [0.1, 0.15) is 35.4 Å². The number of aromatic nitrogens is 4. The van der Waals surface area contributed by atoms with E-state index in [2.05, 4.69) is 17.1 Å². The fraction of sp³-hybridized carbons (Fsp3) is 0.421. The number of nitrogens with zero attached hydrogens (tertiary/aromatic N) is 4. The lowest BCUT2D eigenvalue weighted by atomic mass is 10.1. The molecule has 0 fully saturated rings. The first-order valence-electron chi connectivity index (χ1n) is 8.79. The molecule has 138 valence electrons.